The number of carbonyl (C=O) groups is 1. The summed E-state index contributed by atoms with van der Waals surface area (Å²) in [5.74, 6) is 1.47. The molecule has 6 heteroatoms. The average molecular weight is 520 g/mol. The van der Waals surface area contributed by atoms with Crippen molar-refractivity contribution in [1.29, 1.82) is 0 Å². The molecular formula is C33H33N3O3. The monoisotopic (exact) mass is 519 g/mol. The van der Waals surface area contributed by atoms with Gasteiger partial charge >= 0.3 is 0 Å². The number of aliphatic hydroxyl groups excluding tert-OH is 1. The first-order valence-corrected chi connectivity index (χ1v) is 13.1. The minimum Gasteiger partial charge on any atom is -0.497 e. The van der Waals surface area contributed by atoms with E-state index in [-0.39, 0.29) is 5.91 Å². The van der Waals surface area contributed by atoms with Gasteiger partial charge in [-0.2, -0.15) is 0 Å². The third kappa shape index (κ3) is 6.02. The Labute approximate surface area is 229 Å². The van der Waals surface area contributed by atoms with Crippen LogP contribution in [-0.2, 0) is 13.0 Å². The molecule has 0 unspecified atom stereocenters. The minimum atomic E-state index is -0.691. The van der Waals surface area contributed by atoms with Gasteiger partial charge < -0.3 is 20.1 Å². The van der Waals surface area contributed by atoms with E-state index in [9.17, 15) is 9.90 Å². The molecule has 0 saturated heterocycles. The molecule has 0 bridgehead atoms. The first-order chi connectivity index (χ1) is 18.9. The fraction of sp³-hybridized carbons (Fsp3) is 0.212. The van der Waals surface area contributed by atoms with Crippen molar-refractivity contribution in [2.24, 2.45) is 4.99 Å². The molecule has 198 valence electrons. The van der Waals surface area contributed by atoms with Gasteiger partial charge in [0.1, 0.15) is 11.6 Å². The SMILES string of the molecule is COc1cccc(CN(C)C(C)=Nc2ccc3c(c2)[C@@H](NC(=O)c2ccc(-c4ccccc4)cc2)[C@H](O)C3)c1. The van der Waals surface area contributed by atoms with Crippen molar-refractivity contribution in [2.75, 3.05) is 14.2 Å². The molecule has 2 atom stereocenters. The summed E-state index contributed by atoms with van der Waals surface area (Å²) in [5.41, 5.74) is 6.54. The summed E-state index contributed by atoms with van der Waals surface area (Å²) in [6.45, 7) is 2.67. The van der Waals surface area contributed by atoms with Crippen LogP contribution in [0.1, 0.15) is 40.0 Å². The maximum absolute atomic E-state index is 13.1. The molecule has 0 heterocycles. The number of methoxy groups -OCH3 is 1. The highest BCUT2D eigenvalue weighted by atomic mass is 16.5. The van der Waals surface area contributed by atoms with Gasteiger partial charge in [-0.15, -0.1) is 0 Å². The normalized spacial score (nSPS) is 16.5. The Balaban J connectivity index is 1.29. The Morgan fingerprint density at radius 1 is 0.974 bits per heavy atom. The quantitative estimate of drug-likeness (QED) is 0.234. The fourth-order valence-electron chi connectivity index (χ4n) is 4.95. The molecule has 0 aromatic heterocycles. The van der Waals surface area contributed by atoms with Crippen LogP contribution in [0.5, 0.6) is 5.75 Å². The lowest BCUT2D eigenvalue weighted by Crippen LogP contribution is -2.33. The van der Waals surface area contributed by atoms with Gasteiger partial charge in [-0.3, -0.25) is 4.79 Å². The standard InChI is InChI=1S/C33H33N3O3/c1-22(36(2)21-23-8-7-11-29(18-23)39-3)34-28-17-16-27-19-31(37)32(30(27)20-28)35-33(38)26-14-12-25(13-15-26)24-9-5-4-6-10-24/h4-18,20,31-32,37H,19,21H2,1-3H3,(H,35,38)/t31-,32-/m1/s1. The summed E-state index contributed by atoms with van der Waals surface area (Å²) < 4.78 is 5.33. The number of nitrogens with zero attached hydrogens (tertiary/aromatic N) is 2. The van der Waals surface area contributed by atoms with Crippen LogP contribution in [0, 0.1) is 0 Å². The lowest BCUT2D eigenvalue weighted by Gasteiger charge is -2.20. The summed E-state index contributed by atoms with van der Waals surface area (Å²) in [6, 6.07) is 31.0. The predicted molar refractivity (Wildman–Crippen MR) is 155 cm³/mol. The lowest BCUT2D eigenvalue weighted by molar-refractivity contribution is 0.0858. The number of amides is 1. The maximum atomic E-state index is 13.1. The van der Waals surface area contributed by atoms with Gasteiger partial charge in [0.2, 0.25) is 0 Å². The molecule has 0 aliphatic heterocycles. The molecule has 0 saturated carbocycles. The summed E-state index contributed by atoms with van der Waals surface area (Å²) in [7, 11) is 3.67. The fourth-order valence-corrected chi connectivity index (χ4v) is 4.95. The van der Waals surface area contributed by atoms with E-state index in [1.54, 1.807) is 7.11 Å². The number of hydrogen-bond acceptors (Lipinski definition) is 4. The molecule has 1 amide bonds. The minimum absolute atomic E-state index is 0.213. The molecule has 39 heavy (non-hydrogen) atoms. The van der Waals surface area contributed by atoms with E-state index in [2.05, 4.69) is 16.3 Å². The van der Waals surface area contributed by atoms with Crippen LogP contribution in [0.2, 0.25) is 0 Å². The molecule has 6 nitrogen and oxygen atoms in total. The predicted octanol–water partition coefficient (Wildman–Crippen LogP) is 5.93. The van der Waals surface area contributed by atoms with Crippen LogP contribution in [-0.4, -0.2) is 42.0 Å². The van der Waals surface area contributed by atoms with Gasteiger partial charge in [-0.25, -0.2) is 4.99 Å². The number of fused-ring (bicyclic) bond motifs is 1. The zero-order valence-electron chi connectivity index (χ0n) is 22.5. The molecule has 1 aliphatic carbocycles. The smallest absolute Gasteiger partial charge is 0.251 e. The first kappa shape index (κ1) is 26.2. The third-order valence-corrected chi connectivity index (χ3v) is 7.22. The maximum Gasteiger partial charge on any atom is 0.251 e. The zero-order valence-corrected chi connectivity index (χ0v) is 22.5. The van der Waals surface area contributed by atoms with Crippen molar-refractivity contribution in [2.45, 2.75) is 32.0 Å². The highest BCUT2D eigenvalue weighted by molar-refractivity contribution is 5.95. The summed E-state index contributed by atoms with van der Waals surface area (Å²) in [4.78, 5) is 20.0. The number of aliphatic hydroxyl groups is 1. The van der Waals surface area contributed by atoms with Crippen molar-refractivity contribution in [3.63, 3.8) is 0 Å². The number of amidine groups is 1. The van der Waals surface area contributed by atoms with E-state index in [0.717, 1.165) is 45.1 Å². The van der Waals surface area contributed by atoms with E-state index in [1.165, 1.54) is 0 Å². The molecule has 2 N–H and O–H groups in total. The molecule has 4 aromatic rings. The number of ether oxygens (including phenoxy) is 1. The van der Waals surface area contributed by atoms with Gasteiger partial charge in [0, 0.05) is 25.6 Å². The first-order valence-electron chi connectivity index (χ1n) is 13.1. The van der Waals surface area contributed by atoms with E-state index in [1.807, 2.05) is 105 Å². The summed E-state index contributed by atoms with van der Waals surface area (Å²) >= 11 is 0. The highest BCUT2D eigenvalue weighted by Crippen LogP contribution is 2.35. The molecule has 0 radical (unpaired) electrons. The number of rotatable bonds is 7. The van der Waals surface area contributed by atoms with Crippen molar-refractivity contribution in [3.05, 3.63) is 119 Å². The van der Waals surface area contributed by atoms with Crippen LogP contribution >= 0.6 is 0 Å². The molecule has 5 rings (SSSR count). The van der Waals surface area contributed by atoms with Gasteiger partial charge in [0.25, 0.3) is 5.91 Å². The number of hydrogen-bond donors (Lipinski definition) is 2. The van der Waals surface area contributed by atoms with Crippen LogP contribution in [0.15, 0.2) is 102 Å². The Morgan fingerprint density at radius 2 is 1.72 bits per heavy atom. The zero-order chi connectivity index (χ0) is 27.4. The highest BCUT2D eigenvalue weighted by Gasteiger charge is 2.32. The Hall–Kier alpha value is -4.42. The van der Waals surface area contributed by atoms with E-state index in [0.29, 0.717) is 18.5 Å². The van der Waals surface area contributed by atoms with E-state index >= 15 is 0 Å². The Bertz CT molecular complexity index is 1480. The van der Waals surface area contributed by atoms with Gasteiger partial charge in [-0.1, -0.05) is 60.7 Å². The largest absolute Gasteiger partial charge is 0.497 e. The van der Waals surface area contributed by atoms with Crippen molar-refractivity contribution < 1.29 is 14.6 Å². The van der Waals surface area contributed by atoms with Crippen LogP contribution in [0.25, 0.3) is 11.1 Å². The third-order valence-electron chi connectivity index (χ3n) is 7.22. The lowest BCUT2D eigenvalue weighted by atomic mass is 10.0. The second-order valence-electron chi connectivity index (χ2n) is 9.92. The Kier molecular flexibility index (Phi) is 7.75. The molecule has 0 fully saturated rings. The van der Waals surface area contributed by atoms with Crippen LogP contribution in [0.3, 0.4) is 0 Å². The van der Waals surface area contributed by atoms with Crippen molar-refractivity contribution in [1.82, 2.24) is 10.2 Å². The van der Waals surface area contributed by atoms with E-state index < -0.39 is 12.1 Å². The number of carbonyl (C=O) groups excluding carboxylic acids is 1. The van der Waals surface area contributed by atoms with Gasteiger partial charge in [0.05, 0.1) is 24.9 Å². The van der Waals surface area contributed by atoms with Gasteiger partial charge in [-0.05, 0) is 71.1 Å². The second kappa shape index (κ2) is 11.5. The van der Waals surface area contributed by atoms with Crippen LogP contribution < -0.4 is 10.1 Å². The Morgan fingerprint density at radius 3 is 2.46 bits per heavy atom. The molecule has 1 aliphatic rings. The number of benzene rings is 4. The molecule has 0 spiro atoms. The van der Waals surface area contributed by atoms with Crippen molar-refractivity contribution in [3.8, 4) is 16.9 Å². The number of nitrogens with one attached hydrogen (secondary N) is 1. The number of aliphatic imine (C=N–C) groups is 1. The molecule has 4 aromatic carbocycles. The van der Waals surface area contributed by atoms with E-state index in [4.69, 9.17) is 9.73 Å². The second-order valence-corrected chi connectivity index (χ2v) is 9.92. The average Bonchev–Trinajstić information content (AvgIpc) is 3.27. The van der Waals surface area contributed by atoms with Crippen molar-refractivity contribution >= 4 is 17.4 Å². The van der Waals surface area contributed by atoms with Crippen LogP contribution in [0.4, 0.5) is 5.69 Å². The summed E-state index contributed by atoms with van der Waals surface area (Å²) in [6.07, 6.45) is -0.199. The van der Waals surface area contributed by atoms with Gasteiger partial charge in [0.15, 0.2) is 0 Å². The molecular weight excluding hydrogens is 486 g/mol. The topological polar surface area (TPSA) is 74.2 Å². The summed E-state index contributed by atoms with van der Waals surface area (Å²) in [5, 5.41) is 13.8.